The minimum atomic E-state index is 0.471. The van der Waals surface area contributed by atoms with Crippen LogP contribution in [0, 0.1) is 6.92 Å². The van der Waals surface area contributed by atoms with Gasteiger partial charge in [-0.2, -0.15) is 0 Å². The summed E-state index contributed by atoms with van der Waals surface area (Å²) in [4.78, 5) is 8.37. The summed E-state index contributed by atoms with van der Waals surface area (Å²) >= 11 is 6.17. The van der Waals surface area contributed by atoms with E-state index in [1.165, 1.54) is 6.33 Å². The Bertz CT molecular complexity index is 529. The van der Waals surface area contributed by atoms with Crippen LogP contribution < -0.4 is 0 Å². The van der Waals surface area contributed by atoms with Crippen molar-refractivity contribution in [2.75, 3.05) is 7.11 Å². The van der Waals surface area contributed by atoms with Crippen LogP contribution >= 0.6 is 11.6 Å². The molecule has 0 saturated carbocycles. The van der Waals surface area contributed by atoms with Crippen LogP contribution in [0.5, 0.6) is 0 Å². The van der Waals surface area contributed by atoms with E-state index in [4.69, 9.17) is 16.3 Å². The van der Waals surface area contributed by atoms with Crippen molar-refractivity contribution in [2.24, 2.45) is 0 Å². The minimum absolute atomic E-state index is 0.471. The maximum atomic E-state index is 6.17. The highest BCUT2D eigenvalue weighted by Crippen LogP contribution is 2.27. The topological polar surface area (TPSA) is 35.0 Å². The lowest BCUT2D eigenvalue weighted by Gasteiger charge is -2.06. The fraction of sp³-hybridized carbons (Fsp3) is 0.231. The number of ether oxygens (including phenoxy) is 1. The molecule has 1 aromatic heterocycles. The van der Waals surface area contributed by atoms with Gasteiger partial charge in [-0.25, -0.2) is 9.97 Å². The zero-order valence-electron chi connectivity index (χ0n) is 9.77. The molecule has 0 N–H and O–H groups in total. The van der Waals surface area contributed by atoms with Crippen molar-refractivity contribution in [1.82, 2.24) is 9.97 Å². The molecule has 2 rings (SSSR count). The fourth-order valence-electron chi connectivity index (χ4n) is 1.61. The molecule has 3 nitrogen and oxygen atoms in total. The van der Waals surface area contributed by atoms with Crippen LogP contribution in [0.2, 0.25) is 5.02 Å². The molecule has 4 heteroatoms. The van der Waals surface area contributed by atoms with E-state index < -0.39 is 0 Å². The van der Waals surface area contributed by atoms with E-state index in [0.717, 1.165) is 22.5 Å². The first kappa shape index (κ1) is 12.0. The van der Waals surface area contributed by atoms with Gasteiger partial charge in [0.2, 0.25) is 0 Å². The van der Waals surface area contributed by atoms with Crippen molar-refractivity contribution >= 4 is 11.6 Å². The van der Waals surface area contributed by atoms with Gasteiger partial charge in [0, 0.05) is 17.7 Å². The molecule has 0 amide bonds. The van der Waals surface area contributed by atoms with Gasteiger partial charge in [0.05, 0.1) is 18.0 Å². The highest BCUT2D eigenvalue weighted by Gasteiger charge is 2.06. The Morgan fingerprint density at radius 1 is 1.24 bits per heavy atom. The SMILES string of the molecule is COCc1cc(-c2cc(C)ccc2Cl)ncn1. The average Bonchev–Trinajstić information content (AvgIpc) is 2.33. The van der Waals surface area contributed by atoms with E-state index in [-0.39, 0.29) is 0 Å². The molecular weight excluding hydrogens is 236 g/mol. The number of nitrogens with zero attached hydrogens (tertiary/aromatic N) is 2. The van der Waals surface area contributed by atoms with Crippen LogP contribution in [0.15, 0.2) is 30.6 Å². The summed E-state index contributed by atoms with van der Waals surface area (Å²) in [5, 5.41) is 0.692. The molecule has 0 atom stereocenters. The van der Waals surface area contributed by atoms with E-state index in [0.29, 0.717) is 11.6 Å². The largest absolute Gasteiger partial charge is 0.378 e. The standard InChI is InChI=1S/C13H13ClN2O/c1-9-3-4-12(14)11(5-9)13-6-10(7-17-2)15-8-16-13/h3-6,8H,7H2,1-2H3. The smallest absolute Gasteiger partial charge is 0.116 e. The summed E-state index contributed by atoms with van der Waals surface area (Å²) in [6.45, 7) is 2.50. The first-order valence-electron chi connectivity index (χ1n) is 5.27. The third kappa shape index (κ3) is 2.81. The molecule has 0 aliphatic carbocycles. The van der Waals surface area contributed by atoms with Crippen LogP contribution in [0.1, 0.15) is 11.3 Å². The summed E-state index contributed by atoms with van der Waals surface area (Å²) in [5.74, 6) is 0. The molecule has 0 spiro atoms. The molecule has 1 heterocycles. The Morgan fingerprint density at radius 2 is 2.06 bits per heavy atom. The molecule has 2 aromatic rings. The normalized spacial score (nSPS) is 10.5. The Balaban J connectivity index is 2.45. The van der Waals surface area contributed by atoms with Crippen molar-refractivity contribution in [3.05, 3.63) is 46.9 Å². The van der Waals surface area contributed by atoms with Gasteiger partial charge in [0.25, 0.3) is 0 Å². The Labute approximate surface area is 105 Å². The first-order chi connectivity index (χ1) is 8.20. The number of hydrogen-bond acceptors (Lipinski definition) is 3. The lowest BCUT2D eigenvalue weighted by Crippen LogP contribution is -1.95. The predicted octanol–water partition coefficient (Wildman–Crippen LogP) is 3.25. The molecule has 0 aliphatic heterocycles. The summed E-state index contributed by atoms with van der Waals surface area (Å²) in [7, 11) is 1.64. The second kappa shape index (κ2) is 5.25. The molecule has 0 fully saturated rings. The van der Waals surface area contributed by atoms with E-state index in [9.17, 15) is 0 Å². The summed E-state index contributed by atoms with van der Waals surface area (Å²) in [6.07, 6.45) is 1.53. The van der Waals surface area contributed by atoms with Gasteiger partial charge in [-0.3, -0.25) is 0 Å². The van der Waals surface area contributed by atoms with E-state index >= 15 is 0 Å². The molecule has 0 unspecified atom stereocenters. The maximum absolute atomic E-state index is 6.17. The van der Waals surface area contributed by atoms with Gasteiger partial charge in [-0.15, -0.1) is 0 Å². The predicted molar refractivity (Wildman–Crippen MR) is 67.9 cm³/mol. The van der Waals surface area contributed by atoms with Crippen LogP contribution in [-0.2, 0) is 11.3 Å². The van der Waals surface area contributed by atoms with E-state index in [1.807, 2.05) is 31.2 Å². The van der Waals surface area contributed by atoms with Gasteiger partial charge in [-0.05, 0) is 25.1 Å². The molecule has 0 bridgehead atoms. The van der Waals surface area contributed by atoms with Crippen molar-refractivity contribution in [2.45, 2.75) is 13.5 Å². The molecule has 0 radical (unpaired) electrons. The highest BCUT2D eigenvalue weighted by molar-refractivity contribution is 6.33. The molecule has 17 heavy (non-hydrogen) atoms. The van der Waals surface area contributed by atoms with Gasteiger partial charge in [-0.1, -0.05) is 23.2 Å². The summed E-state index contributed by atoms with van der Waals surface area (Å²) in [6, 6.07) is 7.76. The van der Waals surface area contributed by atoms with E-state index in [2.05, 4.69) is 9.97 Å². The number of halogens is 1. The average molecular weight is 249 g/mol. The molecular formula is C13H13ClN2O. The van der Waals surface area contributed by atoms with Crippen LogP contribution in [0.25, 0.3) is 11.3 Å². The molecule has 1 aromatic carbocycles. The molecule has 0 aliphatic rings. The number of aryl methyl sites for hydroxylation is 1. The lowest BCUT2D eigenvalue weighted by molar-refractivity contribution is 0.181. The summed E-state index contributed by atoms with van der Waals surface area (Å²) in [5.41, 5.74) is 3.73. The Hall–Kier alpha value is -1.45. The van der Waals surface area contributed by atoms with Gasteiger partial charge in [0.15, 0.2) is 0 Å². The van der Waals surface area contributed by atoms with Gasteiger partial charge in [0.1, 0.15) is 6.33 Å². The van der Waals surface area contributed by atoms with Crippen LogP contribution in [-0.4, -0.2) is 17.1 Å². The number of rotatable bonds is 3. The summed E-state index contributed by atoms with van der Waals surface area (Å²) < 4.78 is 5.05. The first-order valence-corrected chi connectivity index (χ1v) is 5.65. The second-order valence-electron chi connectivity index (χ2n) is 3.81. The third-order valence-corrected chi connectivity index (χ3v) is 2.74. The Kier molecular flexibility index (Phi) is 3.71. The van der Waals surface area contributed by atoms with Crippen LogP contribution in [0.4, 0.5) is 0 Å². The van der Waals surface area contributed by atoms with Crippen molar-refractivity contribution < 1.29 is 4.74 Å². The zero-order chi connectivity index (χ0) is 12.3. The van der Waals surface area contributed by atoms with Crippen molar-refractivity contribution in [3.8, 4) is 11.3 Å². The number of methoxy groups -OCH3 is 1. The van der Waals surface area contributed by atoms with Crippen molar-refractivity contribution in [1.29, 1.82) is 0 Å². The third-order valence-electron chi connectivity index (χ3n) is 2.41. The monoisotopic (exact) mass is 248 g/mol. The fourth-order valence-corrected chi connectivity index (χ4v) is 1.82. The van der Waals surface area contributed by atoms with Gasteiger partial charge < -0.3 is 4.74 Å². The van der Waals surface area contributed by atoms with Crippen molar-refractivity contribution in [3.63, 3.8) is 0 Å². The number of aromatic nitrogens is 2. The maximum Gasteiger partial charge on any atom is 0.116 e. The lowest BCUT2D eigenvalue weighted by atomic mass is 10.1. The second-order valence-corrected chi connectivity index (χ2v) is 4.22. The van der Waals surface area contributed by atoms with E-state index in [1.54, 1.807) is 7.11 Å². The Morgan fingerprint density at radius 3 is 2.82 bits per heavy atom. The number of benzene rings is 1. The van der Waals surface area contributed by atoms with Crippen LogP contribution in [0.3, 0.4) is 0 Å². The zero-order valence-corrected chi connectivity index (χ0v) is 10.5. The quantitative estimate of drug-likeness (QED) is 0.836. The van der Waals surface area contributed by atoms with Gasteiger partial charge >= 0.3 is 0 Å². The molecule has 88 valence electrons. The number of hydrogen-bond donors (Lipinski definition) is 0. The highest BCUT2D eigenvalue weighted by atomic mass is 35.5. The molecule has 0 saturated heterocycles. The minimum Gasteiger partial charge on any atom is -0.378 e.